The zero-order chi connectivity index (χ0) is 18.0. The van der Waals surface area contributed by atoms with Gasteiger partial charge in [0, 0.05) is 36.8 Å². The molecule has 3 rings (SSSR count). The summed E-state index contributed by atoms with van der Waals surface area (Å²) in [5, 5.41) is 3.83. The Morgan fingerprint density at radius 2 is 2.04 bits per heavy atom. The molecule has 0 fully saturated rings. The summed E-state index contributed by atoms with van der Waals surface area (Å²) in [5.41, 5.74) is 4.13. The number of rotatable bonds is 5. The van der Waals surface area contributed by atoms with Gasteiger partial charge in [0.2, 0.25) is 0 Å². The van der Waals surface area contributed by atoms with Crippen LogP contribution in [-0.4, -0.2) is 29.2 Å². The van der Waals surface area contributed by atoms with E-state index in [0.29, 0.717) is 24.5 Å². The number of hydrogen-bond donors (Lipinski definition) is 2. The van der Waals surface area contributed by atoms with Crippen LogP contribution in [0.1, 0.15) is 21.6 Å². The Bertz CT molecular complexity index is 985. The lowest BCUT2D eigenvalue weighted by Crippen LogP contribution is -2.22. The molecular formula is C19H21N3O3. The highest BCUT2D eigenvalue weighted by atomic mass is 16.5. The molecule has 2 aromatic heterocycles. The molecule has 2 N–H and O–H groups in total. The number of benzene rings is 1. The van der Waals surface area contributed by atoms with Crippen molar-refractivity contribution in [3.8, 4) is 0 Å². The van der Waals surface area contributed by atoms with Gasteiger partial charge in [0.1, 0.15) is 5.69 Å². The molecule has 6 nitrogen and oxygen atoms in total. The maximum Gasteiger partial charge on any atom is 0.272 e. The predicted molar refractivity (Wildman–Crippen MR) is 98.3 cm³/mol. The van der Waals surface area contributed by atoms with Gasteiger partial charge in [-0.25, -0.2) is 0 Å². The molecule has 0 aliphatic carbocycles. The Kier molecular flexibility index (Phi) is 4.72. The van der Waals surface area contributed by atoms with Gasteiger partial charge in [-0.3, -0.25) is 9.59 Å². The van der Waals surface area contributed by atoms with Crippen LogP contribution >= 0.6 is 0 Å². The van der Waals surface area contributed by atoms with Crippen LogP contribution in [0.2, 0.25) is 0 Å². The number of amides is 1. The SMILES string of the molecule is COCCn1cc(NC(=O)c2cc3cc(C)cc(C)c3[nH]2)ccc1=O. The highest BCUT2D eigenvalue weighted by molar-refractivity contribution is 6.06. The third-order valence-electron chi connectivity index (χ3n) is 4.09. The Morgan fingerprint density at radius 1 is 1.24 bits per heavy atom. The summed E-state index contributed by atoms with van der Waals surface area (Å²) in [6, 6.07) is 8.99. The van der Waals surface area contributed by atoms with Gasteiger partial charge in [-0.2, -0.15) is 0 Å². The minimum Gasteiger partial charge on any atom is -0.383 e. The maximum absolute atomic E-state index is 12.5. The summed E-state index contributed by atoms with van der Waals surface area (Å²) in [6.07, 6.45) is 1.62. The molecule has 0 bridgehead atoms. The van der Waals surface area contributed by atoms with E-state index in [-0.39, 0.29) is 11.5 Å². The minimum absolute atomic E-state index is 0.133. The second-order valence-electron chi connectivity index (χ2n) is 6.13. The lowest BCUT2D eigenvalue weighted by atomic mass is 10.1. The van der Waals surface area contributed by atoms with Gasteiger partial charge in [0.25, 0.3) is 11.5 Å². The number of anilines is 1. The molecule has 1 amide bonds. The highest BCUT2D eigenvalue weighted by Crippen LogP contribution is 2.21. The van der Waals surface area contributed by atoms with Crippen molar-refractivity contribution in [2.24, 2.45) is 0 Å². The fraction of sp³-hybridized carbons (Fsp3) is 0.263. The molecule has 3 aromatic rings. The maximum atomic E-state index is 12.5. The van der Waals surface area contributed by atoms with E-state index in [0.717, 1.165) is 22.0 Å². The van der Waals surface area contributed by atoms with Crippen molar-refractivity contribution in [1.29, 1.82) is 0 Å². The Balaban J connectivity index is 1.85. The molecule has 2 heterocycles. The Labute approximate surface area is 145 Å². The number of aromatic amines is 1. The molecule has 0 spiro atoms. The summed E-state index contributed by atoms with van der Waals surface area (Å²) >= 11 is 0. The monoisotopic (exact) mass is 339 g/mol. The summed E-state index contributed by atoms with van der Waals surface area (Å²) in [4.78, 5) is 27.5. The molecule has 0 atom stereocenters. The molecule has 130 valence electrons. The van der Waals surface area contributed by atoms with E-state index < -0.39 is 0 Å². The molecule has 0 aliphatic rings. The van der Waals surface area contributed by atoms with E-state index in [1.807, 2.05) is 26.0 Å². The number of aromatic nitrogens is 2. The quantitative estimate of drug-likeness (QED) is 0.750. The van der Waals surface area contributed by atoms with Crippen LogP contribution in [0.15, 0.2) is 41.3 Å². The summed E-state index contributed by atoms with van der Waals surface area (Å²) in [5.74, 6) is -0.245. The molecule has 25 heavy (non-hydrogen) atoms. The van der Waals surface area contributed by atoms with Gasteiger partial charge in [0.15, 0.2) is 0 Å². The minimum atomic E-state index is -0.245. The molecule has 0 saturated carbocycles. The number of fused-ring (bicyclic) bond motifs is 1. The van der Waals surface area contributed by atoms with Crippen LogP contribution in [-0.2, 0) is 11.3 Å². The van der Waals surface area contributed by atoms with Gasteiger partial charge in [-0.15, -0.1) is 0 Å². The number of carbonyl (C=O) groups excluding carboxylic acids is 1. The first-order valence-corrected chi connectivity index (χ1v) is 8.08. The number of aryl methyl sites for hydroxylation is 2. The van der Waals surface area contributed by atoms with Crippen LogP contribution < -0.4 is 10.9 Å². The smallest absolute Gasteiger partial charge is 0.272 e. The summed E-state index contributed by atoms with van der Waals surface area (Å²) in [6.45, 7) is 4.91. The summed E-state index contributed by atoms with van der Waals surface area (Å²) in [7, 11) is 1.58. The van der Waals surface area contributed by atoms with E-state index in [2.05, 4.69) is 16.4 Å². The van der Waals surface area contributed by atoms with Gasteiger partial charge >= 0.3 is 0 Å². The highest BCUT2D eigenvalue weighted by Gasteiger charge is 2.12. The standard InChI is InChI=1S/C19H21N3O3/c1-12-8-13(2)18-14(9-12)10-16(21-18)19(24)20-15-4-5-17(23)22(11-15)6-7-25-3/h4-5,8-11,21H,6-7H2,1-3H3,(H,20,24). The average Bonchev–Trinajstić information content (AvgIpc) is 2.99. The van der Waals surface area contributed by atoms with Crippen molar-refractivity contribution in [3.63, 3.8) is 0 Å². The van der Waals surface area contributed by atoms with Crippen LogP contribution in [0.3, 0.4) is 0 Å². The van der Waals surface area contributed by atoms with E-state index in [1.165, 1.54) is 10.6 Å². The van der Waals surface area contributed by atoms with Crippen molar-refractivity contribution < 1.29 is 9.53 Å². The first-order valence-electron chi connectivity index (χ1n) is 8.08. The lowest BCUT2D eigenvalue weighted by molar-refractivity contribution is 0.102. The van der Waals surface area contributed by atoms with Gasteiger partial charge < -0.3 is 19.6 Å². The normalized spacial score (nSPS) is 11.0. The Hall–Kier alpha value is -2.86. The van der Waals surface area contributed by atoms with Crippen LogP contribution in [0.25, 0.3) is 10.9 Å². The van der Waals surface area contributed by atoms with E-state index >= 15 is 0 Å². The molecule has 6 heteroatoms. The second kappa shape index (κ2) is 6.94. The van der Waals surface area contributed by atoms with Crippen molar-refractivity contribution in [2.45, 2.75) is 20.4 Å². The third-order valence-corrected chi connectivity index (χ3v) is 4.09. The number of nitrogens with zero attached hydrogens (tertiary/aromatic N) is 1. The molecule has 0 saturated heterocycles. The Morgan fingerprint density at radius 3 is 2.80 bits per heavy atom. The van der Waals surface area contributed by atoms with Crippen LogP contribution in [0.5, 0.6) is 0 Å². The molecule has 0 aliphatic heterocycles. The van der Waals surface area contributed by atoms with Crippen LogP contribution in [0.4, 0.5) is 5.69 Å². The number of methoxy groups -OCH3 is 1. The van der Waals surface area contributed by atoms with Crippen molar-refractivity contribution in [2.75, 3.05) is 19.0 Å². The molecule has 0 unspecified atom stereocenters. The number of pyridine rings is 1. The van der Waals surface area contributed by atoms with E-state index in [9.17, 15) is 9.59 Å². The van der Waals surface area contributed by atoms with Crippen molar-refractivity contribution in [1.82, 2.24) is 9.55 Å². The predicted octanol–water partition coefficient (Wildman–Crippen LogP) is 2.85. The molecule has 1 aromatic carbocycles. The molecular weight excluding hydrogens is 318 g/mol. The van der Waals surface area contributed by atoms with Crippen molar-refractivity contribution in [3.05, 3.63) is 63.7 Å². The van der Waals surface area contributed by atoms with Gasteiger partial charge in [0.05, 0.1) is 12.3 Å². The fourth-order valence-corrected chi connectivity index (χ4v) is 2.90. The zero-order valence-electron chi connectivity index (χ0n) is 14.6. The van der Waals surface area contributed by atoms with Crippen LogP contribution in [0, 0.1) is 13.8 Å². The number of ether oxygens (including phenoxy) is 1. The van der Waals surface area contributed by atoms with E-state index in [4.69, 9.17) is 4.74 Å². The second-order valence-corrected chi connectivity index (χ2v) is 6.13. The largest absolute Gasteiger partial charge is 0.383 e. The number of nitrogens with one attached hydrogen (secondary N) is 2. The van der Waals surface area contributed by atoms with E-state index in [1.54, 1.807) is 19.4 Å². The zero-order valence-corrected chi connectivity index (χ0v) is 14.6. The van der Waals surface area contributed by atoms with Gasteiger partial charge in [-0.1, -0.05) is 11.6 Å². The average molecular weight is 339 g/mol. The third kappa shape index (κ3) is 3.64. The fourth-order valence-electron chi connectivity index (χ4n) is 2.90. The molecule has 0 radical (unpaired) electrons. The topological polar surface area (TPSA) is 76.1 Å². The number of hydrogen-bond acceptors (Lipinski definition) is 3. The van der Waals surface area contributed by atoms with Gasteiger partial charge in [-0.05, 0) is 37.6 Å². The number of H-pyrrole nitrogens is 1. The first-order chi connectivity index (χ1) is 12.0. The van der Waals surface area contributed by atoms with Crippen molar-refractivity contribution >= 4 is 22.5 Å². The summed E-state index contributed by atoms with van der Waals surface area (Å²) < 4.78 is 6.51. The lowest BCUT2D eigenvalue weighted by Gasteiger charge is -2.08. The first kappa shape index (κ1) is 17.0. The number of carbonyl (C=O) groups is 1.